The zero-order valence-corrected chi connectivity index (χ0v) is 24.4. The van der Waals surface area contributed by atoms with Gasteiger partial charge in [0.2, 0.25) is 0 Å². The van der Waals surface area contributed by atoms with Crippen LogP contribution < -0.4 is 10.0 Å². The number of anilines is 1. The molecule has 2 atom stereocenters. The number of hydrogen-bond donors (Lipinski definition) is 1. The summed E-state index contributed by atoms with van der Waals surface area (Å²) in [6, 6.07) is 8.37. The van der Waals surface area contributed by atoms with Gasteiger partial charge in [-0.2, -0.15) is 0 Å². The van der Waals surface area contributed by atoms with Gasteiger partial charge in [0.1, 0.15) is 23.5 Å². The van der Waals surface area contributed by atoms with E-state index in [1.54, 1.807) is 0 Å². The van der Waals surface area contributed by atoms with Crippen molar-refractivity contribution in [3.8, 4) is 0 Å². The Kier molecular flexibility index (Phi) is 10.5. The lowest BCUT2D eigenvalue weighted by molar-refractivity contribution is -0.141. The molecule has 0 bridgehead atoms. The molecule has 3 aromatic carbocycles. The van der Waals surface area contributed by atoms with Gasteiger partial charge in [-0.1, -0.05) is 17.7 Å². The van der Waals surface area contributed by atoms with Crippen molar-refractivity contribution < 1.29 is 39.5 Å². The van der Waals surface area contributed by atoms with E-state index in [-0.39, 0.29) is 33.9 Å². The second-order valence-corrected chi connectivity index (χ2v) is 13.7. The summed E-state index contributed by atoms with van der Waals surface area (Å²) in [4.78, 5) is 11.2. The maximum atomic E-state index is 15.0. The molecule has 0 aliphatic rings. The number of rotatable bonds is 12. The highest BCUT2D eigenvalue weighted by molar-refractivity contribution is 7.93. The molecule has 3 aromatic rings. The number of methoxy groups -OCH3 is 1. The molecule has 0 saturated carbocycles. The third kappa shape index (κ3) is 8.00. The number of nitrogens with two attached hydrogens (primary N) is 1. The van der Waals surface area contributed by atoms with Gasteiger partial charge in [0.15, 0.2) is 9.84 Å². The number of ether oxygens (including phenoxy) is 1. The first kappa shape index (κ1) is 32.4. The Labute approximate surface area is 241 Å². The molecule has 222 valence electrons. The molecule has 0 spiro atoms. The van der Waals surface area contributed by atoms with Crippen LogP contribution in [0.3, 0.4) is 0 Å². The number of sulfone groups is 1. The highest BCUT2D eigenvalue weighted by Crippen LogP contribution is 2.37. The minimum Gasteiger partial charge on any atom is -0.468 e. The van der Waals surface area contributed by atoms with Crippen LogP contribution >= 0.6 is 11.6 Å². The highest BCUT2D eigenvalue weighted by Gasteiger charge is 2.34. The van der Waals surface area contributed by atoms with Crippen molar-refractivity contribution in [1.29, 1.82) is 0 Å². The van der Waals surface area contributed by atoms with Gasteiger partial charge in [-0.15, -0.1) is 0 Å². The van der Waals surface area contributed by atoms with Crippen LogP contribution in [0.2, 0.25) is 5.02 Å². The van der Waals surface area contributed by atoms with E-state index in [9.17, 15) is 30.4 Å². The van der Waals surface area contributed by atoms with E-state index in [1.165, 1.54) is 37.3 Å². The van der Waals surface area contributed by atoms with Crippen molar-refractivity contribution in [3.63, 3.8) is 0 Å². The fourth-order valence-corrected chi connectivity index (χ4v) is 7.50. The lowest BCUT2D eigenvalue weighted by atomic mass is 9.97. The van der Waals surface area contributed by atoms with Gasteiger partial charge in [-0.05, 0) is 79.4 Å². The van der Waals surface area contributed by atoms with Gasteiger partial charge in [0.05, 0.1) is 35.2 Å². The maximum Gasteiger partial charge on any atom is 0.323 e. The Balaban J connectivity index is 2.01. The highest BCUT2D eigenvalue weighted by atomic mass is 35.5. The molecule has 14 heteroatoms. The summed E-state index contributed by atoms with van der Waals surface area (Å²) in [6.45, 7) is 1.42. The molecule has 0 saturated heterocycles. The summed E-state index contributed by atoms with van der Waals surface area (Å²) in [5.74, 6) is -4.53. The van der Waals surface area contributed by atoms with E-state index in [0.717, 1.165) is 37.4 Å². The van der Waals surface area contributed by atoms with Crippen LogP contribution in [0.5, 0.6) is 0 Å². The monoisotopic (exact) mass is 632 g/mol. The molecule has 0 amide bonds. The second kappa shape index (κ2) is 13.2. The van der Waals surface area contributed by atoms with E-state index in [2.05, 4.69) is 4.74 Å². The van der Waals surface area contributed by atoms with E-state index in [4.69, 9.17) is 17.3 Å². The van der Waals surface area contributed by atoms with Gasteiger partial charge >= 0.3 is 5.97 Å². The van der Waals surface area contributed by atoms with Gasteiger partial charge in [0.25, 0.3) is 10.0 Å². The first-order valence-electron chi connectivity index (χ1n) is 12.2. The predicted molar refractivity (Wildman–Crippen MR) is 149 cm³/mol. The van der Waals surface area contributed by atoms with Crippen molar-refractivity contribution in [2.45, 2.75) is 36.7 Å². The summed E-state index contributed by atoms with van der Waals surface area (Å²) < 4.78 is 101. The first-order valence-corrected chi connectivity index (χ1v) is 15.9. The van der Waals surface area contributed by atoms with Gasteiger partial charge in [-0.25, -0.2) is 30.0 Å². The van der Waals surface area contributed by atoms with Gasteiger partial charge in [0, 0.05) is 11.1 Å². The molecular formula is C27H28ClF3N2O6S2. The number of hydrogen-bond acceptors (Lipinski definition) is 7. The van der Waals surface area contributed by atoms with Crippen molar-refractivity contribution >= 4 is 43.1 Å². The molecule has 8 nitrogen and oxygen atoms in total. The third-order valence-corrected chi connectivity index (χ3v) is 10.2. The number of esters is 1. The standard InChI is InChI=1S/C27H28ClF3N2O6S2/c1-17(23-11-7-20(29)14-18(23)4-3-13-40(35,36)16-25(32)27(34)39-2)33(26-15-21(30)8-12-24(26)31)41(37,38)22-9-5-19(28)6-10-22/h5-12,14-15,17,25H,3-4,13,16,32H2,1-2H3/t17-,25+/m1/s1. The molecule has 0 aliphatic carbocycles. The average molecular weight is 633 g/mol. The average Bonchev–Trinajstić information content (AvgIpc) is 2.90. The number of nitrogens with zero attached hydrogens (tertiary/aromatic N) is 1. The molecule has 0 heterocycles. The Hall–Kier alpha value is -3.13. The molecule has 0 aromatic heterocycles. The summed E-state index contributed by atoms with van der Waals surface area (Å²) in [5, 5.41) is 0.254. The number of aryl methyl sites for hydroxylation is 1. The van der Waals surface area contributed by atoms with E-state index >= 15 is 4.39 Å². The van der Waals surface area contributed by atoms with Crippen LogP contribution in [0, 0.1) is 17.5 Å². The maximum absolute atomic E-state index is 15.0. The van der Waals surface area contributed by atoms with Gasteiger partial charge < -0.3 is 10.5 Å². The van der Waals surface area contributed by atoms with Crippen LogP contribution in [0.25, 0.3) is 0 Å². The van der Waals surface area contributed by atoms with Crippen molar-refractivity contribution in [2.24, 2.45) is 5.73 Å². The topological polar surface area (TPSA) is 124 Å². The summed E-state index contributed by atoms with van der Waals surface area (Å²) in [7, 11) is -7.26. The Bertz CT molecular complexity index is 1620. The van der Waals surface area contributed by atoms with E-state index < -0.39 is 72.6 Å². The molecule has 3 rings (SSSR count). The van der Waals surface area contributed by atoms with Crippen LogP contribution in [0.4, 0.5) is 18.9 Å². The number of benzene rings is 3. The minimum atomic E-state index is -4.53. The number of sulfonamides is 1. The largest absolute Gasteiger partial charge is 0.468 e. The summed E-state index contributed by atoms with van der Waals surface area (Å²) in [5.41, 5.74) is 5.46. The lowest BCUT2D eigenvalue weighted by Crippen LogP contribution is -2.39. The zero-order valence-electron chi connectivity index (χ0n) is 22.1. The molecular weight excluding hydrogens is 605 g/mol. The minimum absolute atomic E-state index is 0.0232. The molecule has 0 unspecified atom stereocenters. The van der Waals surface area contributed by atoms with E-state index in [0.29, 0.717) is 4.31 Å². The predicted octanol–water partition coefficient (Wildman–Crippen LogP) is 4.56. The number of carbonyl (C=O) groups is 1. The van der Waals surface area contributed by atoms with Crippen LogP contribution in [0.15, 0.2) is 65.6 Å². The number of halogens is 4. The van der Waals surface area contributed by atoms with Crippen LogP contribution in [0.1, 0.15) is 30.5 Å². The molecule has 0 aliphatic heterocycles. The second-order valence-electron chi connectivity index (χ2n) is 9.22. The fraction of sp³-hybridized carbons (Fsp3) is 0.296. The van der Waals surface area contributed by atoms with Crippen molar-refractivity contribution in [3.05, 3.63) is 94.3 Å². The van der Waals surface area contributed by atoms with Crippen molar-refractivity contribution in [2.75, 3.05) is 22.9 Å². The Morgan fingerprint density at radius 2 is 1.59 bits per heavy atom. The van der Waals surface area contributed by atoms with Gasteiger partial charge in [-0.3, -0.25) is 9.10 Å². The smallest absolute Gasteiger partial charge is 0.323 e. The SMILES string of the molecule is COC(=O)[C@@H](N)CS(=O)(=O)CCCc1cc(F)ccc1[C@@H](C)N(c1cc(F)ccc1F)S(=O)(=O)c1ccc(Cl)cc1. The normalized spacial score (nSPS) is 13.4. The molecule has 41 heavy (non-hydrogen) atoms. The molecule has 0 radical (unpaired) electrons. The Morgan fingerprint density at radius 1 is 0.976 bits per heavy atom. The molecule has 2 N–H and O–H groups in total. The van der Waals surface area contributed by atoms with E-state index in [1.807, 2.05) is 0 Å². The lowest BCUT2D eigenvalue weighted by Gasteiger charge is -2.32. The fourth-order valence-electron chi connectivity index (χ4n) is 4.30. The molecule has 0 fully saturated rings. The van der Waals surface area contributed by atoms with Crippen LogP contribution in [-0.4, -0.2) is 47.5 Å². The zero-order chi connectivity index (χ0) is 30.5. The summed E-state index contributed by atoms with van der Waals surface area (Å²) >= 11 is 5.90. The number of carbonyl (C=O) groups excluding carboxylic acids is 1. The summed E-state index contributed by atoms with van der Waals surface area (Å²) in [6.07, 6.45) is -0.0533. The van der Waals surface area contributed by atoms with Crippen LogP contribution in [-0.2, 0) is 35.8 Å². The third-order valence-electron chi connectivity index (χ3n) is 6.26. The van der Waals surface area contributed by atoms with Crippen molar-refractivity contribution in [1.82, 2.24) is 0 Å². The quantitative estimate of drug-likeness (QED) is 0.290. The first-order chi connectivity index (χ1) is 19.2. The Morgan fingerprint density at radius 3 is 2.22 bits per heavy atom.